The molecule has 6 rings (SSSR count). The second-order valence-corrected chi connectivity index (χ2v) is 9.99. The van der Waals surface area contributed by atoms with Crippen molar-refractivity contribution in [3.8, 4) is 45.0 Å². The average molecular weight is 548 g/mol. The van der Waals surface area contributed by atoms with Gasteiger partial charge >= 0.3 is 5.69 Å². The highest BCUT2D eigenvalue weighted by Crippen LogP contribution is 2.29. The molecule has 204 valence electrons. The highest BCUT2D eigenvalue weighted by molar-refractivity contribution is 5.83. The molecule has 2 heterocycles. The van der Waals surface area contributed by atoms with E-state index in [2.05, 4.69) is 61.7 Å². The molecule has 0 radical (unpaired) electrons. The minimum absolute atomic E-state index is 0.0278. The average Bonchev–Trinajstić information content (AvgIpc) is 3.27. The maximum absolute atomic E-state index is 12.3. The van der Waals surface area contributed by atoms with Gasteiger partial charge in [0.15, 0.2) is 17.5 Å². The largest absolute Gasteiger partial charge is 0.328 e. The van der Waals surface area contributed by atoms with Crippen molar-refractivity contribution in [1.82, 2.24) is 24.1 Å². The zero-order valence-electron chi connectivity index (χ0n) is 23.5. The zero-order valence-corrected chi connectivity index (χ0v) is 23.5. The normalized spacial score (nSPS) is 11.5. The number of nitrogens with zero attached hydrogens (tertiary/aromatic N) is 5. The van der Waals surface area contributed by atoms with E-state index < -0.39 is 0 Å². The molecular formula is C36H29N5O. The highest BCUT2D eigenvalue weighted by Gasteiger charge is 2.13. The van der Waals surface area contributed by atoms with Crippen LogP contribution in [0, 0.1) is 0 Å². The molecule has 0 aliphatic carbocycles. The van der Waals surface area contributed by atoms with Crippen LogP contribution in [0.3, 0.4) is 0 Å². The summed E-state index contributed by atoms with van der Waals surface area (Å²) in [6.07, 6.45) is 5.26. The third kappa shape index (κ3) is 4.90. The summed E-state index contributed by atoms with van der Waals surface area (Å²) >= 11 is 0. The molecule has 6 aromatic rings. The lowest BCUT2D eigenvalue weighted by atomic mass is 9.99. The Morgan fingerprint density at radius 2 is 1.12 bits per heavy atom. The number of hydrogen-bond acceptors (Lipinski definition) is 4. The number of aromatic nitrogens is 5. The van der Waals surface area contributed by atoms with Gasteiger partial charge in [-0.05, 0) is 34.4 Å². The number of imidazole rings is 1. The summed E-state index contributed by atoms with van der Waals surface area (Å²) in [6.45, 7) is 7.73. The van der Waals surface area contributed by atoms with Gasteiger partial charge in [-0.25, -0.2) is 19.7 Å². The first-order valence-corrected chi connectivity index (χ1v) is 13.6. The molecule has 6 nitrogen and oxygen atoms in total. The number of fused-ring (bicyclic) bond motifs is 1. The van der Waals surface area contributed by atoms with E-state index in [4.69, 9.17) is 15.0 Å². The fourth-order valence-electron chi connectivity index (χ4n) is 5.06. The third-order valence-electron chi connectivity index (χ3n) is 7.41. The van der Waals surface area contributed by atoms with E-state index in [-0.39, 0.29) is 5.69 Å². The number of aryl methyl sites for hydroxylation is 2. The van der Waals surface area contributed by atoms with Gasteiger partial charge in [-0.15, -0.1) is 0 Å². The van der Waals surface area contributed by atoms with Crippen LogP contribution < -0.4 is 5.69 Å². The molecule has 0 aliphatic heterocycles. The molecule has 0 unspecified atom stereocenters. The Hall–Kier alpha value is -5.62. The van der Waals surface area contributed by atoms with Crippen molar-refractivity contribution in [2.75, 3.05) is 0 Å². The summed E-state index contributed by atoms with van der Waals surface area (Å²) in [5.41, 5.74) is 8.72. The van der Waals surface area contributed by atoms with E-state index in [0.29, 0.717) is 17.5 Å². The number of rotatable bonds is 7. The van der Waals surface area contributed by atoms with Gasteiger partial charge in [0.25, 0.3) is 0 Å². The van der Waals surface area contributed by atoms with Gasteiger partial charge in [-0.3, -0.25) is 9.13 Å². The Kier molecular flexibility index (Phi) is 7.03. The summed E-state index contributed by atoms with van der Waals surface area (Å²) in [6, 6.07) is 32.7. The van der Waals surface area contributed by atoms with E-state index >= 15 is 0 Å². The first-order valence-electron chi connectivity index (χ1n) is 13.6. The Bertz CT molecular complexity index is 2030. The molecular weight excluding hydrogens is 518 g/mol. The van der Waals surface area contributed by atoms with Crippen LogP contribution in [0.5, 0.6) is 0 Å². The molecule has 0 bridgehead atoms. The summed E-state index contributed by atoms with van der Waals surface area (Å²) in [4.78, 5) is 26.6. The van der Waals surface area contributed by atoms with Gasteiger partial charge in [0.2, 0.25) is 0 Å². The third-order valence-corrected chi connectivity index (χ3v) is 7.41. The lowest BCUT2D eigenvalue weighted by Gasteiger charge is -2.10. The lowest BCUT2D eigenvalue weighted by Crippen LogP contribution is -2.19. The van der Waals surface area contributed by atoms with Crippen molar-refractivity contribution in [3.63, 3.8) is 0 Å². The van der Waals surface area contributed by atoms with E-state index in [9.17, 15) is 4.79 Å². The Balaban J connectivity index is 1.32. The molecule has 0 amide bonds. The molecule has 2 aromatic heterocycles. The standard InChI is InChI=1S/C36H29N5O/c1-5-10-24(6-2)33-37-34(28-11-8-7-9-12-28)39-35(38-33)29-19-17-26(18-20-29)25-13-15-27(16-14-25)30-21-22-31-32(23-30)41(4)36(42)40(31)3/h5-23H,1-2H2,3-4H3/b24-10+. The summed E-state index contributed by atoms with van der Waals surface area (Å²) in [5.74, 6) is 1.73. The summed E-state index contributed by atoms with van der Waals surface area (Å²) < 4.78 is 3.35. The topological polar surface area (TPSA) is 65.6 Å². The molecule has 0 saturated heterocycles. The molecule has 0 saturated carbocycles. The maximum Gasteiger partial charge on any atom is 0.328 e. The highest BCUT2D eigenvalue weighted by atomic mass is 16.1. The molecule has 0 fully saturated rings. The van der Waals surface area contributed by atoms with Crippen LogP contribution in [0.15, 0.2) is 133 Å². The maximum atomic E-state index is 12.3. The quantitative estimate of drug-likeness (QED) is 0.194. The fraction of sp³-hybridized carbons (Fsp3) is 0.0556. The zero-order chi connectivity index (χ0) is 29.2. The van der Waals surface area contributed by atoms with Crippen molar-refractivity contribution in [3.05, 3.63) is 145 Å². The molecule has 0 N–H and O–H groups in total. The SMILES string of the molecule is C=C/C=C(\C=C)c1nc(-c2ccccc2)nc(-c2ccc(-c3ccc(-c4ccc5c(c4)n(C)c(=O)n5C)cc3)cc2)n1. The Labute approximate surface area is 244 Å². The lowest BCUT2D eigenvalue weighted by molar-refractivity contribution is 0.795. The van der Waals surface area contributed by atoms with Crippen molar-refractivity contribution < 1.29 is 0 Å². The van der Waals surface area contributed by atoms with Crippen LogP contribution in [-0.4, -0.2) is 24.1 Å². The second-order valence-electron chi connectivity index (χ2n) is 9.99. The van der Waals surface area contributed by atoms with Crippen LogP contribution in [0.1, 0.15) is 5.82 Å². The molecule has 0 atom stereocenters. The van der Waals surface area contributed by atoms with Crippen LogP contribution in [0.25, 0.3) is 61.6 Å². The van der Waals surface area contributed by atoms with Crippen molar-refractivity contribution >= 4 is 16.6 Å². The van der Waals surface area contributed by atoms with Crippen LogP contribution in [0.4, 0.5) is 0 Å². The van der Waals surface area contributed by atoms with Crippen LogP contribution in [0.2, 0.25) is 0 Å². The Morgan fingerprint density at radius 3 is 1.69 bits per heavy atom. The number of hydrogen-bond donors (Lipinski definition) is 0. The number of benzene rings is 4. The van der Waals surface area contributed by atoms with Gasteiger partial charge < -0.3 is 0 Å². The van der Waals surface area contributed by atoms with Crippen molar-refractivity contribution in [2.45, 2.75) is 0 Å². The predicted molar refractivity (Wildman–Crippen MR) is 172 cm³/mol. The minimum atomic E-state index is -0.0278. The van der Waals surface area contributed by atoms with E-state index in [1.807, 2.05) is 54.6 Å². The van der Waals surface area contributed by atoms with Gasteiger partial charge in [-0.2, -0.15) is 0 Å². The first kappa shape index (κ1) is 26.6. The fourth-order valence-corrected chi connectivity index (χ4v) is 5.06. The van der Waals surface area contributed by atoms with Crippen LogP contribution >= 0.6 is 0 Å². The molecule has 0 aliphatic rings. The smallest absolute Gasteiger partial charge is 0.295 e. The van der Waals surface area contributed by atoms with Crippen LogP contribution in [-0.2, 0) is 14.1 Å². The molecule has 4 aromatic carbocycles. The first-order chi connectivity index (χ1) is 20.5. The predicted octanol–water partition coefficient (Wildman–Crippen LogP) is 7.49. The molecule has 0 spiro atoms. The summed E-state index contributed by atoms with van der Waals surface area (Å²) in [7, 11) is 3.60. The van der Waals surface area contributed by atoms with E-state index in [1.165, 1.54) is 0 Å². The van der Waals surface area contributed by atoms with Gasteiger partial charge in [0.05, 0.1) is 11.0 Å². The molecule has 6 heteroatoms. The molecule has 42 heavy (non-hydrogen) atoms. The van der Waals surface area contributed by atoms with Gasteiger partial charge in [-0.1, -0.05) is 116 Å². The monoisotopic (exact) mass is 547 g/mol. The van der Waals surface area contributed by atoms with Gasteiger partial charge in [0.1, 0.15) is 0 Å². The summed E-state index contributed by atoms with van der Waals surface area (Å²) in [5, 5.41) is 0. The van der Waals surface area contributed by atoms with Crippen molar-refractivity contribution in [2.24, 2.45) is 14.1 Å². The van der Waals surface area contributed by atoms with E-state index in [0.717, 1.165) is 50.0 Å². The van der Waals surface area contributed by atoms with E-state index in [1.54, 1.807) is 35.4 Å². The van der Waals surface area contributed by atoms with Gasteiger partial charge in [0, 0.05) is 30.8 Å². The Morgan fingerprint density at radius 1 is 0.619 bits per heavy atom. The minimum Gasteiger partial charge on any atom is -0.295 e. The number of allylic oxidation sites excluding steroid dienone is 4. The second kappa shape index (κ2) is 11.1. The van der Waals surface area contributed by atoms with Crippen molar-refractivity contribution in [1.29, 1.82) is 0 Å².